The van der Waals surface area contributed by atoms with Crippen molar-refractivity contribution in [2.24, 2.45) is 0 Å². The lowest BCUT2D eigenvalue weighted by Crippen LogP contribution is -2.06. The second-order valence-electron chi connectivity index (χ2n) is 7.38. The predicted molar refractivity (Wildman–Crippen MR) is 95.9 cm³/mol. The van der Waals surface area contributed by atoms with Gasteiger partial charge in [-0.3, -0.25) is 0 Å². The lowest BCUT2D eigenvalue weighted by Gasteiger charge is -2.19. The molecule has 4 bridgehead atoms. The molecule has 22 heavy (non-hydrogen) atoms. The highest BCUT2D eigenvalue weighted by Crippen LogP contribution is 2.28. The molecule has 0 aromatic heterocycles. The number of rotatable bonds is 2. The Morgan fingerprint density at radius 2 is 1.00 bits per heavy atom. The maximum absolute atomic E-state index is 2.46. The van der Waals surface area contributed by atoms with E-state index in [1.54, 1.807) is 11.1 Å². The summed E-state index contributed by atoms with van der Waals surface area (Å²) in [5.74, 6) is 1.23. The summed E-state index contributed by atoms with van der Waals surface area (Å²) >= 11 is 0. The number of hydrogen-bond acceptors (Lipinski definition) is 0. The first-order chi connectivity index (χ1) is 10.5. The summed E-state index contributed by atoms with van der Waals surface area (Å²) < 4.78 is 0. The maximum atomic E-state index is 2.46. The molecule has 0 nitrogen and oxygen atoms in total. The van der Waals surface area contributed by atoms with E-state index < -0.39 is 0 Å². The minimum absolute atomic E-state index is 0.614. The summed E-state index contributed by atoms with van der Waals surface area (Å²) in [6.45, 7) is 9.29. The molecule has 0 atom stereocenters. The standard InChI is InChI=1S/C22H28/c1-15(2)21-13-17-5-6-18-8-10-20(22(14-18)16(3)4)12-11-19(21)9-7-17/h7-10,13-16H,5-6,11-12H2,1-4H3. The first-order valence-corrected chi connectivity index (χ1v) is 8.78. The molecule has 0 saturated carbocycles. The van der Waals surface area contributed by atoms with Crippen LogP contribution in [0.1, 0.15) is 72.9 Å². The normalized spacial score (nSPS) is 14.5. The Morgan fingerprint density at radius 1 is 0.591 bits per heavy atom. The first-order valence-electron chi connectivity index (χ1n) is 8.78. The molecule has 116 valence electrons. The summed E-state index contributed by atoms with van der Waals surface area (Å²) in [7, 11) is 0. The molecule has 0 saturated heterocycles. The van der Waals surface area contributed by atoms with E-state index in [0.29, 0.717) is 11.8 Å². The number of hydrogen-bond donors (Lipinski definition) is 0. The molecule has 2 aromatic rings. The van der Waals surface area contributed by atoms with Gasteiger partial charge in [0.1, 0.15) is 0 Å². The van der Waals surface area contributed by atoms with Gasteiger partial charge in [0.25, 0.3) is 0 Å². The van der Waals surface area contributed by atoms with Crippen LogP contribution in [0.3, 0.4) is 0 Å². The lowest BCUT2D eigenvalue weighted by atomic mass is 9.86. The van der Waals surface area contributed by atoms with Gasteiger partial charge in [0.05, 0.1) is 0 Å². The zero-order valence-electron chi connectivity index (χ0n) is 14.4. The van der Waals surface area contributed by atoms with Gasteiger partial charge in [0.15, 0.2) is 0 Å². The molecule has 4 aliphatic carbocycles. The Balaban J connectivity index is 2.04. The minimum atomic E-state index is 0.614. The van der Waals surface area contributed by atoms with Crippen LogP contribution in [-0.2, 0) is 25.7 Å². The van der Waals surface area contributed by atoms with Crippen molar-refractivity contribution in [2.45, 2.75) is 65.2 Å². The third-order valence-electron chi connectivity index (χ3n) is 5.03. The molecule has 0 heteroatoms. The quantitative estimate of drug-likeness (QED) is 0.654. The Morgan fingerprint density at radius 3 is 1.36 bits per heavy atom. The lowest BCUT2D eigenvalue weighted by molar-refractivity contribution is 0.795. The molecular weight excluding hydrogens is 264 g/mol. The fourth-order valence-corrected chi connectivity index (χ4v) is 3.69. The molecule has 0 spiro atoms. The van der Waals surface area contributed by atoms with Crippen LogP contribution in [0.15, 0.2) is 36.4 Å². The number of aryl methyl sites for hydroxylation is 4. The molecule has 2 aromatic carbocycles. The second kappa shape index (κ2) is 6.28. The summed E-state index contributed by atoms with van der Waals surface area (Å²) in [6, 6.07) is 14.4. The zero-order valence-corrected chi connectivity index (χ0v) is 14.4. The highest BCUT2D eigenvalue weighted by Gasteiger charge is 2.13. The van der Waals surface area contributed by atoms with E-state index in [2.05, 4.69) is 64.1 Å². The van der Waals surface area contributed by atoms with Gasteiger partial charge in [-0.15, -0.1) is 0 Å². The summed E-state index contributed by atoms with van der Waals surface area (Å²) in [5, 5.41) is 0. The van der Waals surface area contributed by atoms with Gasteiger partial charge in [-0.2, -0.15) is 0 Å². The average molecular weight is 292 g/mol. The van der Waals surface area contributed by atoms with Crippen LogP contribution in [0.25, 0.3) is 0 Å². The van der Waals surface area contributed by atoms with E-state index in [4.69, 9.17) is 0 Å². The third kappa shape index (κ3) is 3.11. The van der Waals surface area contributed by atoms with Crippen molar-refractivity contribution >= 4 is 0 Å². The van der Waals surface area contributed by atoms with Gasteiger partial charge in [0, 0.05) is 0 Å². The van der Waals surface area contributed by atoms with Crippen LogP contribution in [0.2, 0.25) is 0 Å². The van der Waals surface area contributed by atoms with Crippen molar-refractivity contribution in [2.75, 3.05) is 0 Å². The Labute approximate surface area is 135 Å². The van der Waals surface area contributed by atoms with Crippen LogP contribution in [0, 0.1) is 0 Å². The molecule has 0 aliphatic heterocycles. The molecule has 0 N–H and O–H groups in total. The van der Waals surface area contributed by atoms with Crippen LogP contribution >= 0.6 is 0 Å². The van der Waals surface area contributed by atoms with Gasteiger partial charge >= 0.3 is 0 Å². The highest BCUT2D eigenvalue weighted by molar-refractivity contribution is 5.39. The summed E-state index contributed by atoms with van der Waals surface area (Å²) in [4.78, 5) is 0. The van der Waals surface area contributed by atoms with Gasteiger partial charge in [0.2, 0.25) is 0 Å². The summed E-state index contributed by atoms with van der Waals surface area (Å²) in [5.41, 5.74) is 9.17. The molecule has 0 fully saturated rings. The van der Waals surface area contributed by atoms with Gasteiger partial charge in [-0.05, 0) is 70.9 Å². The third-order valence-corrected chi connectivity index (χ3v) is 5.03. The first kappa shape index (κ1) is 15.3. The molecule has 4 aliphatic rings. The average Bonchev–Trinajstić information content (AvgIpc) is 2.49. The smallest absolute Gasteiger partial charge is 0.0216 e. The van der Waals surface area contributed by atoms with Crippen molar-refractivity contribution in [3.63, 3.8) is 0 Å². The van der Waals surface area contributed by atoms with Crippen molar-refractivity contribution in [1.82, 2.24) is 0 Å². The molecule has 0 unspecified atom stereocenters. The molecule has 6 rings (SSSR count). The molecule has 0 radical (unpaired) electrons. The Kier molecular flexibility index (Phi) is 4.38. The van der Waals surface area contributed by atoms with Crippen LogP contribution < -0.4 is 0 Å². The van der Waals surface area contributed by atoms with Gasteiger partial charge in [-0.25, -0.2) is 0 Å². The van der Waals surface area contributed by atoms with Crippen LogP contribution in [0.5, 0.6) is 0 Å². The highest BCUT2D eigenvalue weighted by atomic mass is 14.2. The SMILES string of the molecule is CC(C)c1cc2ccc1CCc1ccc(cc1C(C)C)CC2. The van der Waals surface area contributed by atoms with E-state index in [-0.39, 0.29) is 0 Å². The van der Waals surface area contributed by atoms with Crippen molar-refractivity contribution in [3.05, 3.63) is 69.8 Å². The molecule has 0 amide bonds. The zero-order chi connectivity index (χ0) is 15.7. The van der Waals surface area contributed by atoms with Gasteiger partial charge < -0.3 is 0 Å². The van der Waals surface area contributed by atoms with Crippen LogP contribution in [-0.4, -0.2) is 0 Å². The molecular formula is C22H28. The fourth-order valence-electron chi connectivity index (χ4n) is 3.69. The monoisotopic (exact) mass is 292 g/mol. The fraction of sp³-hybridized carbons (Fsp3) is 0.455. The van der Waals surface area contributed by atoms with Crippen LogP contribution in [0.4, 0.5) is 0 Å². The predicted octanol–water partition coefficient (Wildman–Crippen LogP) is 5.82. The topological polar surface area (TPSA) is 0 Å². The van der Waals surface area contributed by atoms with E-state index in [9.17, 15) is 0 Å². The van der Waals surface area contributed by atoms with Crippen molar-refractivity contribution in [1.29, 1.82) is 0 Å². The maximum Gasteiger partial charge on any atom is -0.0216 e. The Bertz CT molecular complexity index is 602. The molecule has 0 heterocycles. The summed E-state index contributed by atoms with van der Waals surface area (Å²) in [6.07, 6.45) is 4.62. The van der Waals surface area contributed by atoms with E-state index >= 15 is 0 Å². The largest absolute Gasteiger partial charge is 0.0587 e. The second-order valence-corrected chi connectivity index (χ2v) is 7.38. The van der Waals surface area contributed by atoms with Crippen molar-refractivity contribution in [3.8, 4) is 0 Å². The van der Waals surface area contributed by atoms with E-state index in [1.807, 2.05) is 0 Å². The number of benzene rings is 2. The Hall–Kier alpha value is -1.56. The van der Waals surface area contributed by atoms with E-state index in [0.717, 1.165) is 25.7 Å². The minimum Gasteiger partial charge on any atom is -0.0587 e. The van der Waals surface area contributed by atoms with Crippen molar-refractivity contribution < 1.29 is 0 Å². The van der Waals surface area contributed by atoms with Gasteiger partial charge in [-0.1, -0.05) is 64.1 Å². The van der Waals surface area contributed by atoms with E-state index in [1.165, 1.54) is 22.3 Å².